The molecule has 0 radical (unpaired) electrons. The topological polar surface area (TPSA) is 69.0 Å². The van der Waals surface area contributed by atoms with Crippen LogP contribution in [0.3, 0.4) is 0 Å². The molecule has 4 rings (SSSR count). The summed E-state index contributed by atoms with van der Waals surface area (Å²) in [5.41, 5.74) is 0.729. The predicted molar refractivity (Wildman–Crippen MR) is 113 cm³/mol. The SMILES string of the molecule is COc1cccc(C(=O)Nc2ccc(-n3nc(-c4cccnc4)cc3C(F)(F)F)cc2)c1. The number of amides is 1. The van der Waals surface area contributed by atoms with Crippen molar-refractivity contribution < 1.29 is 22.7 Å². The number of aromatic nitrogens is 3. The Kier molecular flexibility index (Phi) is 5.63. The fraction of sp³-hybridized carbons (Fsp3) is 0.0870. The number of carbonyl (C=O) groups excluding carboxylic acids is 1. The highest BCUT2D eigenvalue weighted by molar-refractivity contribution is 6.04. The fourth-order valence-electron chi connectivity index (χ4n) is 3.09. The van der Waals surface area contributed by atoms with Gasteiger partial charge in [-0.3, -0.25) is 9.78 Å². The normalized spacial score (nSPS) is 11.2. The Hall–Kier alpha value is -4.14. The summed E-state index contributed by atoms with van der Waals surface area (Å²) in [6, 6.07) is 16.8. The number of hydrogen-bond acceptors (Lipinski definition) is 4. The van der Waals surface area contributed by atoms with E-state index in [2.05, 4.69) is 15.4 Å². The average molecular weight is 438 g/mol. The third-order valence-electron chi connectivity index (χ3n) is 4.66. The smallest absolute Gasteiger partial charge is 0.433 e. The second kappa shape index (κ2) is 8.54. The summed E-state index contributed by atoms with van der Waals surface area (Å²) >= 11 is 0. The summed E-state index contributed by atoms with van der Waals surface area (Å²) in [5, 5.41) is 6.84. The van der Waals surface area contributed by atoms with Gasteiger partial charge < -0.3 is 10.1 Å². The molecule has 0 bridgehead atoms. The number of nitrogens with zero attached hydrogens (tertiary/aromatic N) is 3. The molecule has 0 aliphatic carbocycles. The van der Waals surface area contributed by atoms with E-state index >= 15 is 0 Å². The van der Waals surface area contributed by atoms with Gasteiger partial charge in [0.25, 0.3) is 5.91 Å². The summed E-state index contributed by atoms with van der Waals surface area (Å²) in [4.78, 5) is 16.4. The van der Waals surface area contributed by atoms with Crippen LogP contribution in [0.15, 0.2) is 79.1 Å². The first kappa shape index (κ1) is 21.1. The molecule has 0 saturated heterocycles. The van der Waals surface area contributed by atoms with Crippen LogP contribution in [-0.2, 0) is 6.18 Å². The molecule has 0 aliphatic heterocycles. The minimum atomic E-state index is -4.60. The molecule has 0 unspecified atom stereocenters. The lowest BCUT2D eigenvalue weighted by molar-refractivity contribution is -0.142. The molecule has 4 aromatic rings. The zero-order valence-electron chi connectivity index (χ0n) is 16.8. The van der Waals surface area contributed by atoms with Crippen LogP contribution in [0.1, 0.15) is 16.1 Å². The van der Waals surface area contributed by atoms with E-state index in [0.717, 1.165) is 10.7 Å². The van der Waals surface area contributed by atoms with E-state index < -0.39 is 11.9 Å². The highest BCUT2D eigenvalue weighted by atomic mass is 19.4. The molecule has 0 aliphatic rings. The van der Waals surface area contributed by atoms with Crippen molar-refractivity contribution in [2.75, 3.05) is 12.4 Å². The van der Waals surface area contributed by atoms with Crippen molar-refractivity contribution in [3.63, 3.8) is 0 Å². The molecule has 0 fully saturated rings. The van der Waals surface area contributed by atoms with E-state index in [-0.39, 0.29) is 17.3 Å². The number of pyridine rings is 1. The predicted octanol–water partition coefficient (Wildman–Crippen LogP) is 5.21. The lowest BCUT2D eigenvalue weighted by Gasteiger charge is -2.11. The lowest BCUT2D eigenvalue weighted by Crippen LogP contribution is -2.14. The maximum atomic E-state index is 13.6. The third kappa shape index (κ3) is 4.46. The van der Waals surface area contributed by atoms with Crippen LogP contribution >= 0.6 is 0 Å². The molecule has 1 amide bonds. The van der Waals surface area contributed by atoms with Crippen molar-refractivity contribution in [1.29, 1.82) is 0 Å². The molecule has 1 N–H and O–H groups in total. The average Bonchev–Trinajstić information content (AvgIpc) is 3.26. The molecule has 2 heterocycles. The maximum Gasteiger partial charge on any atom is 0.433 e. The number of ether oxygens (including phenoxy) is 1. The molecular formula is C23H17F3N4O2. The van der Waals surface area contributed by atoms with Gasteiger partial charge in [-0.15, -0.1) is 0 Å². The molecular weight excluding hydrogens is 421 g/mol. The second-order valence-corrected chi connectivity index (χ2v) is 6.80. The Labute approximate surface area is 181 Å². The standard InChI is InChI=1S/C23H17F3N4O2/c1-32-19-6-2-4-15(12-19)22(31)28-17-7-9-18(10-8-17)30-21(23(24,25)26)13-20(29-30)16-5-3-11-27-14-16/h2-14H,1H3,(H,28,31). The van der Waals surface area contributed by atoms with Gasteiger partial charge in [0.05, 0.1) is 18.5 Å². The summed E-state index contributed by atoms with van der Waals surface area (Å²) < 4.78 is 46.8. The summed E-state index contributed by atoms with van der Waals surface area (Å²) in [6.07, 6.45) is -1.62. The minimum absolute atomic E-state index is 0.154. The first-order chi connectivity index (χ1) is 15.3. The number of rotatable bonds is 5. The molecule has 2 aromatic carbocycles. The molecule has 162 valence electrons. The van der Waals surface area contributed by atoms with Crippen LogP contribution in [0.4, 0.5) is 18.9 Å². The van der Waals surface area contributed by atoms with Crippen molar-refractivity contribution in [2.45, 2.75) is 6.18 Å². The van der Waals surface area contributed by atoms with Gasteiger partial charge in [-0.25, -0.2) is 4.68 Å². The molecule has 9 heteroatoms. The Morgan fingerprint density at radius 2 is 1.81 bits per heavy atom. The molecule has 6 nitrogen and oxygen atoms in total. The first-order valence-electron chi connectivity index (χ1n) is 9.48. The lowest BCUT2D eigenvalue weighted by atomic mass is 10.2. The Morgan fingerprint density at radius 3 is 2.47 bits per heavy atom. The Morgan fingerprint density at radius 1 is 1.03 bits per heavy atom. The van der Waals surface area contributed by atoms with Crippen LogP contribution in [0, 0.1) is 0 Å². The number of halogens is 3. The van der Waals surface area contributed by atoms with Gasteiger partial charge in [-0.05, 0) is 60.7 Å². The summed E-state index contributed by atoms with van der Waals surface area (Å²) in [7, 11) is 1.50. The quantitative estimate of drug-likeness (QED) is 0.464. The van der Waals surface area contributed by atoms with Crippen molar-refractivity contribution in [2.24, 2.45) is 0 Å². The number of nitrogens with one attached hydrogen (secondary N) is 1. The van der Waals surface area contributed by atoms with Gasteiger partial charge in [0.1, 0.15) is 11.4 Å². The van der Waals surface area contributed by atoms with E-state index in [1.54, 1.807) is 36.4 Å². The van der Waals surface area contributed by atoms with Gasteiger partial charge in [0, 0.05) is 29.2 Å². The number of carbonyl (C=O) groups is 1. The zero-order chi connectivity index (χ0) is 22.7. The number of hydrogen-bond donors (Lipinski definition) is 1. The molecule has 32 heavy (non-hydrogen) atoms. The van der Waals surface area contributed by atoms with E-state index in [1.807, 2.05) is 0 Å². The van der Waals surface area contributed by atoms with Crippen LogP contribution in [0.5, 0.6) is 5.75 Å². The van der Waals surface area contributed by atoms with Crippen LogP contribution in [0.2, 0.25) is 0 Å². The fourth-order valence-corrected chi connectivity index (χ4v) is 3.09. The van der Waals surface area contributed by atoms with Gasteiger partial charge in [0.2, 0.25) is 0 Å². The third-order valence-corrected chi connectivity index (χ3v) is 4.66. The van der Waals surface area contributed by atoms with E-state index in [1.165, 1.54) is 43.8 Å². The highest BCUT2D eigenvalue weighted by Crippen LogP contribution is 2.34. The van der Waals surface area contributed by atoms with Crippen molar-refractivity contribution >= 4 is 11.6 Å². The maximum absolute atomic E-state index is 13.6. The van der Waals surface area contributed by atoms with Gasteiger partial charge in [-0.2, -0.15) is 18.3 Å². The van der Waals surface area contributed by atoms with Crippen molar-refractivity contribution in [3.05, 3.63) is 90.4 Å². The molecule has 0 atom stereocenters. The Balaban J connectivity index is 1.61. The van der Waals surface area contributed by atoms with Crippen molar-refractivity contribution in [3.8, 4) is 22.7 Å². The van der Waals surface area contributed by atoms with Gasteiger partial charge in [0.15, 0.2) is 0 Å². The van der Waals surface area contributed by atoms with Crippen molar-refractivity contribution in [1.82, 2.24) is 14.8 Å². The monoisotopic (exact) mass is 438 g/mol. The number of anilines is 1. The largest absolute Gasteiger partial charge is 0.497 e. The zero-order valence-corrected chi connectivity index (χ0v) is 16.8. The van der Waals surface area contributed by atoms with E-state index in [9.17, 15) is 18.0 Å². The van der Waals surface area contributed by atoms with Crippen LogP contribution in [-0.4, -0.2) is 27.8 Å². The number of methoxy groups -OCH3 is 1. The first-order valence-corrected chi connectivity index (χ1v) is 9.48. The molecule has 2 aromatic heterocycles. The minimum Gasteiger partial charge on any atom is -0.497 e. The van der Waals surface area contributed by atoms with Crippen LogP contribution < -0.4 is 10.1 Å². The number of benzene rings is 2. The summed E-state index contributed by atoms with van der Waals surface area (Å²) in [5.74, 6) is 0.168. The molecule has 0 spiro atoms. The highest BCUT2D eigenvalue weighted by Gasteiger charge is 2.36. The Bertz CT molecular complexity index is 1240. The molecule has 0 saturated carbocycles. The summed E-state index contributed by atoms with van der Waals surface area (Å²) in [6.45, 7) is 0. The van der Waals surface area contributed by atoms with E-state index in [0.29, 0.717) is 22.6 Å². The van der Waals surface area contributed by atoms with Gasteiger partial charge >= 0.3 is 6.18 Å². The van der Waals surface area contributed by atoms with E-state index in [4.69, 9.17) is 4.74 Å². The number of alkyl halides is 3. The van der Waals surface area contributed by atoms with Gasteiger partial charge in [-0.1, -0.05) is 6.07 Å². The van der Waals surface area contributed by atoms with Crippen LogP contribution in [0.25, 0.3) is 16.9 Å². The second-order valence-electron chi connectivity index (χ2n) is 6.80.